The molecule has 0 saturated carbocycles. The van der Waals surface area contributed by atoms with Crippen molar-refractivity contribution in [1.82, 2.24) is 0 Å². The number of hydrogen-bond acceptors (Lipinski definition) is 1. The van der Waals surface area contributed by atoms with E-state index < -0.39 is 0 Å². The summed E-state index contributed by atoms with van der Waals surface area (Å²) in [5.41, 5.74) is 4.24. The normalized spacial score (nSPS) is 16.5. The van der Waals surface area contributed by atoms with Crippen LogP contribution in [0.15, 0.2) is 42.5 Å². The van der Waals surface area contributed by atoms with Gasteiger partial charge in [-0.3, -0.25) is 4.79 Å². The van der Waals surface area contributed by atoms with E-state index in [9.17, 15) is 4.79 Å². The van der Waals surface area contributed by atoms with Crippen LogP contribution in [0.1, 0.15) is 36.2 Å². The smallest absolute Gasteiger partial charge is 0.164 e. The van der Waals surface area contributed by atoms with E-state index in [1.54, 1.807) is 0 Å². The summed E-state index contributed by atoms with van der Waals surface area (Å²) in [6.45, 7) is 4.25. The quantitative estimate of drug-likeness (QED) is 0.722. The lowest BCUT2D eigenvalue weighted by atomic mass is 9.85. The number of carbonyl (C=O) groups is 1. The van der Waals surface area contributed by atoms with E-state index in [4.69, 9.17) is 11.6 Å². The van der Waals surface area contributed by atoms with E-state index in [1.165, 1.54) is 0 Å². The number of hydrogen-bond donors (Lipinski definition) is 0. The predicted octanol–water partition coefficient (Wildman–Crippen LogP) is 4.87. The first-order chi connectivity index (χ1) is 8.97. The monoisotopic (exact) mass is 270 g/mol. The van der Waals surface area contributed by atoms with Gasteiger partial charge in [0.2, 0.25) is 0 Å². The lowest BCUT2D eigenvalue weighted by Gasteiger charge is -2.18. The van der Waals surface area contributed by atoms with Crippen LogP contribution in [0.5, 0.6) is 0 Å². The Bertz CT molecular complexity index is 653. The molecule has 0 saturated heterocycles. The van der Waals surface area contributed by atoms with Gasteiger partial charge in [0.15, 0.2) is 5.78 Å². The van der Waals surface area contributed by atoms with Gasteiger partial charge in [0, 0.05) is 17.0 Å². The molecule has 0 amide bonds. The summed E-state index contributed by atoms with van der Waals surface area (Å²) >= 11 is 5.91. The van der Waals surface area contributed by atoms with Gasteiger partial charge in [0.05, 0.1) is 0 Å². The summed E-state index contributed by atoms with van der Waals surface area (Å²) in [6, 6.07) is 13.9. The van der Waals surface area contributed by atoms with Crippen LogP contribution >= 0.6 is 11.6 Å². The Morgan fingerprint density at radius 1 is 1.00 bits per heavy atom. The zero-order valence-corrected chi connectivity index (χ0v) is 11.8. The third kappa shape index (κ3) is 2.08. The van der Waals surface area contributed by atoms with Gasteiger partial charge in [-0.25, -0.2) is 0 Å². The highest BCUT2D eigenvalue weighted by atomic mass is 35.5. The minimum atomic E-state index is -0.0607. The van der Waals surface area contributed by atoms with Gasteiger partial charge in [-0.1, -0.05) is 49.7 Å². The standard InChI is InChI=1S/C17H15ClO/c1-17(2)10-16(19)14-8-5-12(9-15(14)17)11-3-6-13(18)7-4-11/h3-9H,10H2,1-2H3. The number of ketones is 1. The number of carbonyl (C=O) groups excluding carboxylic acids is 1. The van der Waals surface area contributed by atoms with Gasteiger partial charge in [0.25, 0.3) is 0 Å². The fourth-order valence-corrected chi connectivity index (χ4v) is 2.89. The van der Waals surface area contributed by atoms with Crippen LogP contribution in [0.2, 0.25) is 5.02 Å². The summed E-state index contributed by atoms with van der Waals surface area (Å²) < 4.78 is 0. The minimum Gasteiger partial charge on any atom is -0.294 e. The molecule has 0 N–H and O–H groups in total. The summed E-state index contributed by atoms with van der Waals surface area (Å²) in [6.07, 6.45) is 0.604. The highest BCUT2D eigenvalue weighted by molar-refractivity contribution is 6.30. The van der Waals surface area contributed by atoms with Gasteiger partial charge in [0.1, 0.15) is 0 Å². The molecular formula is C17H15ClO. The summed E-state index contributed by atoms with van der Waals surface area (Å²) in [5, 5.41) is 0.736. The molecule has 0 atom stereocenters. The van der Waals surface area contributed by atoms with Crippen molar-refractivity contribution in [2.75, 3.05) is 0 Å². The van der Waals surface area contributed by atoms with Crippen LogP contribution in [-0.2, 0) is 5.41 Å². The number of Topliss-reactive ketones (excluding diaryl/α,β-unsaturated/α-hetero) is 1. The zero-order valence-electron chi connectivity index (χ0n) is 11.0. The van der Waals surface area contributed by atoms with E-state index in [2.05, 4.69) is 19.9 Å². The molecule has 1 nitrogen and oxygen atoms in total. The van der Waals surface area contributed by atoms with Gasteiger partial charge < -0.3 is 0 Å². The van der Waals surface area contributed by atoms with Crippen molar-refractivity contribution in [3.8, 4) is 11.1 Å². The van der Waals surface area contributed by atoms with E-state index in [-0.39, 0.29) is 11.2 Å². The third-order valence-corrected chi connectivity index (χ3v) is 4.08. The van der Waals surface area contributed by atoms with Crippen molar-refractivity contribution in [1.29, 1.82) is 0 Å². The molecule has 0 heterocycles. The van der Waals surface area contributed by atoms with Crippen molar-refractivity contribution in [2.45, 2.75) is 25.7 Å². The Morgan fingerprint density at radius 3 is 2.32 bits per heavy atom. The van der Waals surface area contributed by atoms with Crippen LogP contribution in [0.4, 0.5) is 0 Å². The first kappa shape index (κ1) is 12.4. The Morgan fingerprint density at radius 2 is 1.63 bits per heavy atom. The molecule has 96 valence electrons. The van der Waals surface area contributed by atoms with Crippen molar-refractivity contribution in [3.05, 3.63) is 58.6 Å². The van der Waals surface area contributed by atoms with Crippen LogP contribution in [-0.4, -0.2) is 5.78 Å². The fraction of sp³-hybridized carbons (Fsp3) is 0.235. The highest BCUT2D eigenvalue weighted by Gasteiger charge is 2.35. The van der Waals surface area contributed by atoms with Crippen molar-refractivity contribution < 1.29 is 4.79 Å². The summed E-state index contributed by atoms with van der Waals surface area (Å²) in [4.78, 5) is 12.0. The Kier molecular flexibility index (Phi) is 2.75. The average molecular weight is 271 g/mol. The molecule has 2 aromatic carbocycles. The Hall–Kier alpha value is -1.60. The van der Waals surface area contributed by atoms with E-state index in [1.807, 2.05) is 36.4 Å². The Labute approximate surface area is 118 Å². The first-order valence-corrected chi connectivity index (χ1v) is 6.79. The lowest BCUT2D eigenvalue weighted by Crippen LogP contribution is -2.12. The van der Waals surface area contributed by atoms with Crippen molar-refractivity contribution in [3.63, 3.8) is 0 Å². The first-order valence-electron chi connectivity index (χ1n) is 6.41. The summed E-state index contributed by atoms with van der Waals surface area (Å²) in [7, 11) is 0. The molecule has 2 aromatic rings. The maximum atomic E-state index is 12.0. The molecule has 0 fully saturated rings. The molecule has 2 heteroatoms. The molecule has 19 heavy (non-hydrogen) atoms. The molecule has 1 aliphatic rings. The molecule has 0 aromatic heterocycles. The van der Waals surface area contributed by atoms with Crippen molar-refractivity contribution in [2.24, 2.45) is 0 Å². The second kappa shape index (κ2) is 4.21. The van der Waals surface area contributed by atoms with Crippen LogP contribution in [0.25, 0.3) is 11.1 Å². The second-order valence-electron chi connectivity index (χ2n) is 5.75. The molecule has 3 rings (SSSR count). The van der Waals surface area contributed by atoms with E-state index >= 15 is 0 Å². The maximum absolute atomic E-state index is 12.0. The molecular weight excluding hydrogens is 256 g/mol. The Balaban J connectivity index is 2.12. The number of rotatable bonds is 1. The minimum absolute atomic E-state index is 0.0607. The van der Waals surface area contributed by atoms with E-state index in [0.717, 1.165) is 27.3 Å². The average Bonchev–Trinajstić information content (AvgIpc) is 2.60. The highest BCUT2D eigenvalue weighted by Crippen LogP contribution is 2.40. The summed E-state index contributed by atoms with van der Waals surface area (Å²) in [5.74, 6) is 0.252. The zero-order chi connectivity index (χ0) is 13.6. The topological polar surface area (TPSA) is 17.1 Å². The maximum Gasteiger partial charge on any atom is 0.164 e. The van der Waals surface area contributed by atoms with Crippen molar-refractivity contribution >= 4 is 17.4 Å². The van der Waals surface area contributed by atoms with E-state index in [0.29, 0.717) is 6.42 Å². The fourth-order valence-electron chi connectivity index (χ4n) is 2.76. The molecule has 0 unspecified atom stereocenters. The largest absolute Gasteiger partial charge is 0.294 e. The number of halogens is 1. The third-order valence-electron chi connectivity index (χ3n) is 3.83. The van der Waals surface area contributed by atoms with Crippen LogP contribution in [0, 0.1) is 0 Å². The molecule has 0 aliphatic heterocycles. The number of benzene rings is 2. The van der Waals surface area contributed by atoms with Gasteiger partial charge >= 0.3 is 0 Å². The van der Waals surface area contributed by atoms with Gasteiger partial charge in [-0.2, -0.15) is 0 Å². The molecule has 0 radical (unpaired) electrons. The number of fused-ring (bicyclic) bond motifs is 1. The SMILES string of the molecule is CC1(C)CC(=O)c2ccc(-c3ccc(Cl)cc3)cc21. The van der Waals surface area contributed by atoms with Crippen LogP contribution < -0.4 is 0 Å². The molecule has 0 spiro atoms. The molecule has 0 bridgehead atoms. The van der Waals surface area contributed by atoms with Gasteiger partial charge in [-0.05, 0) is 40.3 Å². The molecule has 1 aliphatic carbocycles. The predicted molar refractivity (Wildman–Crippen MR) is 78.9 cm³/mol. The lowest BCUT2D eigenvalue weighted by molar-refractivity contribution is 0.0979. The van der Waals surface area contributed by atoms with Gasteiger partial charge in [-0.15, -0.1) is 0 Å². The second-order valence-corrected chi connectivity index (χ2v) is 6.19. The van der Waals surface area contributed by atoms with Crippen LogP contribution in [0.3, 0.4) is 0 Å².